The summed E-state index contributed by atoms with van der Waals surface area (Å²) in [5.74, 6) is 1.77. The van der Waals surface area contributed by atoms with E-state index in [1.807, 2.05) is 25.3 Å². The standard InChI is InChI=1S/C15H20N4O/c1-11-7-14(5-6-15(11)20-2)19-10-13(17-18-19)9-16-8-12-3-4-12/h5-7,10,12,16H,3-4,8-9H2,1-2H3. The van der Waals surface area contributed by atoms with Gasteiger partial charge >= 0.3 is 0 Å². The smallest absolute Gasteiger partial charge is 0.121 e. The molecular weight excluding hydrogens is 252 g/mol. The Morgan fingerprint density at radius 3 is 2.95 bits per heavy atom. The van der Waals surface area contributed by atoms with Gasteiger partial charge in [0, 0.05) is 6.54 Å². The zero-order chi connectivity index (χ0) is 13.9. The molecule has 0 unspecified atom stereocenters. The van der Waals surface area contributed by atoms with E-state index < -0.39 is 0 Å². The Hall–Kier alpha value is -1.88. The fourth-order valence-corrected chi connectivity index (χ4v) is 2.24. The molecule has 0 spiro atoms. The SMILES string of the molecule is COc1ccc(-n2cc(CNCC3CC3)nn2)cc1C. The second-order valence-corrected chi connectivity index (χ2v) is 5.38. The summed E-state index contributed by atoms with van der Waals surface area (Å²) in [7, 11) is 1.68. The molecule has 3 rings (SSSR count). The highest BCUT2D eigenvalue weighted by atomic mass is 16.5. The minimum absolute atomic E-state index is 0.783. The molecule has 1 aliphatic rings. The van der Waals surface area contributed by atoms with E-state index in [1.165, 1.54) is 12.8 Å². The van der Waals surface area contributed by atoms with Crippen LogP contribution in [0.5, 0.6) is 5.75 Å². The van der Waals surface area contributed by atoms with E-state index in [1.54, 1.807) is 11.8 Å². The molecule has 0 aliphatic heterocycles. The second-order valence-electron chi connectivity index (χ2n) is 5.38. The third-order valence-corrected chi connectivity index (χ3v) is 3.62. The molecule has 20 heavy (non-hydrogen) atoms. The molecule has 2 aromatic rings. The first-order valence-electron chi connectivity index (χ1n) is 7.03. The van der Waals surface area contributed by atoms with Gasteiger partial charge in [-0.05, 0) is 56.0 Å². The summed E-state index contributed by atoms with van der Waals surface area (Å²) in [6.45, 7) is 3.90. The number of hydrogen-bond donors (Lipinski definition) is 1. The minimum Gasteiger partial charge on any atom is -0.496 e. The number of nitrogens with zero attached hydrogens (tertiary/aromatic N) is 3. The van der Waals surface area contributed by atoms with Crippen LogP contribution in [0.15, 0.2) is 24.4 Å². The summed E-state index contributed by atoms with van der Waals surface area (Å²) in [5.41, 5.74) is 3.07. The third-order valence-electron chi connectivity index (χ3n) is 3.62. The van der Waals surface area contributed by atoms with Gasteiger partial charge in [-0.25, -0.2) is 4.68 Å². The van der Waals surface area contributed by atoms with Crippen molar-refractivity contribution in [2.24, 2.45) is 5.92 Å². The van der Waals surface area contributed by atoms with Crippen LogP contribution in [-0.2, 0) is 6.54 Å². The zero-order valence-electron chi connectivity index (χ0n) is 12.0. The van der Waals surface area contributed by atoms with Crippen molar-refractivity contribution >= 4 is 0 Å². The average molecular weight is 272 g/mol. The molecule has 1 saturated carbocycles. The summed E-state index contributed by atoms with van der Waals surface area (Å²) < 4.78 is 7.07. The Bertz CT molecular complexity index is 589. The van der Waals surface area contributed by atoms with Gasteiger partial charge in [0.2, 0.25) is 0 Å². The average Bonchev–Trinajstić information content (AvgIpc) is 3.15. The van der Waals surface area contributed by atoms with Crippen LogP contribution >= 0.6 is 0 Å². The molecule has 1 aromatic carbocycles. The van der Waals surface area contributed by atoms with Crippen molar-refractivity contribution in [1.29, 1.82) is 0 Å². The van der Waals surface area contributed by atoms with E-state index in [0.717, 1.165) is 41.7 Å². The van der Waals surface area contributed by atoms with Gasteiger partial charge in [-0.2, -0.15) is 0 Å². The Kier molecular flexibility index (Phi) is 3.69. The molecule has 5 heteroatoms. The largest absolute Gasteiger partial charge is 0.496 e. The van der Waals surface area contributed by atoms with Crippen LogP contribution in [0.4, 0.5) is 0 Å². The number of aryl methyl sites for hydroxylation is 1. The van der Waals surface area contributed by atoms with E-state index in [4.69, 9.17) is 4.74 Å². The van der Waals surface area contributed by atoms with E-state index in [0.29, 0.717) is 0 Å². The van der Waals surface area contributed by atoms with Gasteiger partial charge in [0.25, 0.3) is 0 Å². The number of hydrogen-bond acceptors (Lipinski definition) is 4. The quantitative estimate of drug-likeness (QED) is 0.875. The summed E-state index contributed by atoms with van der Waals surface area (Å²) in [5, 5.41) is 11.8. The lowest BCUT2D eigenvalue weighted by Gasteiger charge is -2.06. The van der Waals surface area contributed by atoms with Gasteiger partial charge < -0.3 is 10.1 Å². The lowest BCUT2D eigenvalue weighted by molar-refractivity contribution is 0.411. The first kappa shape index (κ1) is 13.1. The lowest BCUT2D eigenvalue weighted by Crippen LogP contribution is -2.16. The Morgan fingerprint density at radius 1 is 1.40 bits per heavy atom. The maximum Gasteiger partial charge on any atom is 0.121 e. The van der Waals surface area contributed by atoms with Crippen LogP contribution in [0.3, 0.4) is 0 Å². The van der Waals surface area contributed by atoms with E-state index in [-0.39, 0.29) is 0 Å². The van der Waals surface area contributed by atoms with Crippen molar-refractivity contribution < 1.29 is 4.74 Å². The molecule has 0 bridgehead atoms. The van der Waals surface area contributed by atoms with Gasteiger partial charge in [-0.15, -0.1) is 5.10 Å². The molecule has 1 fully saturated rings. The fourth-order valence-electron chi connectivity index (χ4n) is 2.24. The summed E-state index contributed by atoms with van der Waals surface area (Å²) in [6, 6.07) is 5.99. The lowest BCUT2D eigenvalue weighted by atomic mass is 10.2. The predicted molar refractivity (Wildman–Crippen MR) is 77.1 cm³/mol. The number of benzene rings is 1. The van der Waals surface area contributed by atoms with Crippen LogP contribution < -0.4 is 10.1 Å². The zero-order valence-corrected chi connectivity index (χ0v) is 12.0. The van der Waals surface area contributed by atoms with Gasteiger partial charge in [-0.1, -0.05) is 5.21 Å². The van der Waals surface area contributed by atoms with E-state index in [9.17, 15) is 0 Å². The van der Waals surface area contributed by atoms with Gasteiger partial charge in [0.1, 0.15) is 5.75 Å². The molecule has 1 N–H and O–H groups in total. The Morgan fingerprint density at radius 2 is 2.25 bits per heavy atom. The number of methoxy groups -OCH3 is 1. The highest BCUT2D eigenvalue weighted by molar-refractivity contribution is 5.43. The van der Waals surface area contributed by atoms with Crippen LogP contribution in [0.2, 0.25) is 0 Å². The van der Waals surface area contributed by atoms with Crippen LogP contribution in [0.1, 0.15) is 24.1 Å². The van der Waals surface area contributed by atoms with Gasteiger partial charge in [0.15, 0.2) is 0 Å². The molecule has 1 aromatic heterocycles. The van der Waals surface area contributed by atoms with Crippen LogP contribution in [-0.4, -0.2) is 28.6 Å². The summed E-state index contributed by atoms with van der Waals surface area (Å²) >= 11 is 0. The number of aromatic nitrogens is 3. The van der Waals surface area contributed by atoms with Crippen molar-refractivity contribution in [1.82, 2.24) is 20.3 Å². The minimum atomic E-state index is 0.783. The number of rotatable bonds is 6. The maximum absolute atomic E-state index is 5.27. The predicted octanol–water partition coefficient (Wildman–Crippen LogP) is 2.08. The second kappa shape index (κ2) is 5.63. The third kappa shape index (κ3) is 2.99. The van der Waals surface area contributed by atoms with Crippen molar-refractivity contribution in [3.63, 3.8) is 0 Å². The summed E-state index contributed by atoms with van der Waals surface area (Å²) in [6.07, 6.45) is 4.71. The first-order valence-corrected chi connectivity index (χ1v) is 7.03. The molecule has 106 valence electrons. The highest BCUT2D eigenvalue weighted by Gasteiger charge is 2.20. The van der Waals surface area contributed by atoms with Gasteiger partial charge in [-0.3, -0.25) is 0 Å². The van der Waals surface area contributed by atoms with Crippen molar-refractivity contribution in [2.45, 2.75) is 26.3 Å². The first-order chi connectivity index (χ1) is 9.76. The fraction of sp³-hybridized carbons (Fsp3) is 0.467. The molecule has 0 radical (unpaired) electrons. The molecule has 0 atom stereocenters. The topological polar surface area (TPSA) is 52.0 Å². The van der Waals surface area contributed by atoms with E-state index in [2.05, 4.69) is 21.7 Å². The van der Waals surface area contributed by atoms with Crippen LogP contribution in [0.25, 0.3) is 5.69 Å². The highest BCUT2D eigenvalue weighted by Crippen LogP contribution is 2.27. The molecular formula is C15H20N4O. The number of nitrogens with one attached hydrogen (secondary N) is 1. The molecule has 0 saturated heterocycles. The monoisotopic (exact) mass is 272 g/mol. The molecule has 5 nitrogen and oxygen atoms in total. The summed E-state index contributed by atoms with van der Waals surface area (Å²) in [4.78, 5) is 0. The Balaban J connectivity index is 1.67. The van der Waals surface area contributed by atoms with E-state index >= 15 is 0 Å². The molecule has 1 heterocycles. The van der Waals surface area contributed by atoms with Gasteiger partial charge in [0.05, 0.1) is 24.7 Å². The van der Waals surface area contributed by atoms with Crippen LogP contribution in [0, 0.1) is 12.8 Å². The Labute approximate surface area is 118 Å². The van der Waals surface area contributed by atoms with Crippen molar-refractivity contribution in [3.05, 3.63) is 35.7 Å². The molecule has 0 amide bonds. The number of ether oxygens (including phenoxy) is 1. The molecule has 1 aliphatic carbocycles. The normalized spacial score (nSPS) is 14.5. The maximum atomic E-state index is 5.27. The van der Waals surface area contributed by atoms with Crippen molar-refractivity contribution in [3.8, 4) is 11.4 Å². The van der Waals surface area contributed by atoms with Crippen molar-refractivity contribution in [2.75, 3.05) is 13.7 Å².